The number of benzene rings is 1. The van der Waals surface area contributed by atoms with Gasteiger partial charge in [0.15, 0.2) is 0 Å². The van der Waals surface area contributed by atoms with Gasteiger partial charge in [0.2, 0.25) is 0 Å². The largest absolute Gasteiger partial charge is 0.507 e. The van der Waals surface area contributed by atoms with Gasteiger partial charge in [-0.15, -0.1) is 11.3 Å². The topological polar surface area (TPSA) is 70.1 Å². The van der Waals surface area contributed by atoms with Gasteiger partial charge in [0.1, 0.15) is 11.5 Å². The smallest absolute Gasteiger partial charge is 0.295 e. The first-order chi connectivity index (χ1) is 15.4. The molecule has 1 aliphatic rings. The number of Topliss-reactive ketones (excluding diaryl/α,β-unsaturated/α-hetero) is 1. The molecule has 1 aromatic carbocycles. The van der Waals surface area contributed by atoms with Crippen LogP contribution in [-0.2, 0) is 9.59 Å². The number of carbonyl (C=O) groups is 2. The lowest BCUT2D eigenvalue weighted by Crippen LogP contribution is -2.37. The third-order valence-corrected chi connectivity index (χ3v) is 6.91. The van der Waals surface area contributed by atoms with Crippen LogP contribution >= 0.6 is 11.3 Å². The van der Waals surface area contributed by atoms with Crippen LogP contribution in [0.15, 0.2) is 41.3 Å². The predicted molar refractivity (Wildman–Crippen MR) is 128 cm³/mol. The van der Waals surface area contributed by atoms with Gasteiger partial charge in [0.25, 0.3) is 11.7 Å². The average Bonchev–Trinajstić information content (AvgIpc) is 3.33. The molecule has 32 heavy (non-hydrogen) atoms. The zero-order valence-corrected chi connectivity index (χ0v) is 20.1. The SMILES string of the molecule is CCCOc1ccc(/C(O)=C2/C(=O)C(=O)N(CCN(CC)CC)C2c2sccc2C)cc1. The van der Waals surface area contributed by atoms with Crippen molar-refractivity contribution >= 4 is 28.8 Å². The number of amides is 1. The molecular weight excluding hydrogens is 424 g/mol. The van der Waals surface area contributed by atoms with Crippen LogP contribution in [0.2, 0.25) is 0 Å². The monoisotopic (exact) mass is 456 g/mol. The predicted octanol–water partition coefficient (Wildman–Crippen LogP) is 4.61. The average molecular weight is 457 g/mol. The summed E-state index contributed by atoms with van der Waals surface area (Å²) in [5.41, 5.74) is 1.65. The van der Waals surface area contributed by atoms with E-state index in [0.717, 1.165) is 30.0 Å². The van der Waals surface area contributed by atoms with Gasteiger partial charge in [-0.2, -0.15) is 0 Å². The number of likely N-dealkylation sites (N-methyl/N-ethyl adjacent to an activating group) is 1. The van der Waals surface area contributed by atoms with Crippen molar-refractivity contribution in [1.82, 2.24) is 9.80 Å². The van der Waals surface area contributed by atoms with Crippen LogP contribution in [0.25, 0.3) is 5.76 Å². The summed E-state index contributed by atoms with van der Waals surface area (Å²) >= 11 is 1.50. The molecule has 2 aromatic rings. The van der Waals surface area contributed by atoms with E-state index in [4.69, 9.17) is 4.74 Å². The molecule has 1 aliphatic heterocycles. The lowest BCUT2D eigenvalue weighted by Gasteiger charge is -2.27. The first kappa shape index (κ1) is 24.0. The number of hydrogen-bond donors (Lipinski definition) is 1. The van der Waals surface area contributed by atoms with E-state index in [1.165, 1.54) is 11.3 Å². The molecule has 1 amide bonds. The van der Waals surface area contributed by atoms with Gasteiger partial charge in [-0.3, -0.25) is 9.59 Å². The zero-order valence-electron chi connectivity index (χ0n) is 19.3. The molecule has 172 valence electrons. The van der Waals surface area contributed by atoms with Gasteiger partial charge in [-0.25, -0.2) is 0 Å². The van der Waals surface area contributed by atoms with Gasteiger partial charge in [0.05, 0.1) is 18.2 Å². The van der Waals surface area contributed by atoms with Crippen molar-refractivity contribution < 1.29 is 19.4 Å². The molecule has 1 saturated heterocycles. The first-order valence-electron chi connectivity index (χ1n) is 11.2. The number of aliphatic hydroxyl groups is 1. The number of thiophene rings is 1. The van der Waals surface area contributed by atoms with Gasteiger partial charge >= 0.3 is 0 Å². The van der Waals surface area contributed by atoms with Crippen LogP contribution in [0.4, 0.5) is 0 Å². The molecule has 0 radical (unpaired) electrons. The Balaban J connectivity index is 2.01. The molecule has 1 fully saturated rings. The molecule has 0 spiro atoms. The normalized spacial score (nSPS) is 18.0. The molecule has 3 rings (SSSR count). The highest BCUT2D eigenvalue weighted by molar-refractivity contribution is 7.10. The van der Waals surface area contributed by atoms with Crippen LogP contribution in [0, 0.1) is 6.92 Å². The highest BCUT2D eigenvalue weighted by atomic mass is 32.1. The Labute approximate surface area is 194 Å². The summed E-state index contributed by atoms with van der Waals surface area (Å²) in [5.74, 6) is -0.632. The van der Waals surface area contributed by atoms with Crippen LogP contribution in [0.1, 0.15) is 49.2 Å². The molecule has 6 nitrogen and oxygen atoms in total. The summed E-state index contributed by atoms with van der Waals surface area (Å²) in [7, 11) is 0. The standard InChI is InChI=1S/C25H32N2O4S/c1-5-15-31-19-10-8-18(9-11-19)22(28)20-21(24-17(4)12-16-32-24)27(25(30)23(20)29)14-13-26(6-2)7-3/h8-12,16,21,28H,5-7,13-15H2,1-4H3/b22-20-. The number of hydrogen-bond acceptors (Lipinski definition) is 6. The third kappa shape index (κ3) is 4.89. The van der Waals surface area contributed by atoms with Crippen molar-refractivity contribution in [2.75, 3.05) is 32.8 Å². The van der Waals surface area contributed by atoms with Crippen LogP contribution in [0.5, 0.6) is 5.75 Å². The summed E-state index contributed by atoms with van der Waals surface area (Å²) in [4.78, 5) is 30.9. The van der Waals surface area contributed by atoms with E-state index in [1.54, 1.807) is 29.2 Å². The zero-order chi connectivity index (χ0) is 23.3. The number of carbonyl (C=O) groups excluding carboxylic acids is 2. The molecule has 1 N–H and O–H groups in total. The van der Waals surface area contributed by atoms with Gasteiger partial charge in [-0.05, 0) is 67.7 Å². The van der Waals surface area contributed by atoms with Crippen molar-refractivity contribution in [3.05, 3.63) is 57.3 Å². The van der Waals surface area contributed by atoms with Gasteiger partial charge < -0.3 is 19.6 Å². The molecule has 2 heterocycles. The van der Waals surface area contributed by atoms with E-state index >= 15 is 0 Å². The maximum atomic E-state index is 13.1. The Hall–Kier alpha value is -2.64. The molecular formula is C25H32N2O4S. The second-order valence-electron chi connectivity index (χ2n) is 7.86. The van der Waals surface area contributed by atoms with E-state index in [9.17, 15) is 14.7 Å². The number of aryl methyl sites for hydroxylation is 1. The highest BCUT2D eigenvalue weighted by Crippen LogP contribution is 2.42. The lowest BCUT2D eigenvalue weighted by molar-refractivity contribution is -0.140. The summed E-state index contributed by atoms with van der Waals surface area (Å²) in [6.07, 6.45) is 0.902. The van der Waals surface area contributed by atoms with Crippen LogP contribution in [0.3, 0.4) is 0 Å². The van der Waals surface area contributed by atoms with Gasteiger partial charge in [0, 0.05) is 23.5 Å². The maximum absolute atomic E-state index is 13.1. The van der Waals surface area contributed by atoms with Crippen molar-refractivity contribution in [1.29, 1.82) is 0 Å². The summed E-state index contributed by atoms with van der Waals surface area (Å²) < 4.78 is 5.61. The van der Waals surface area contributed by atoms with Crippen molar-refractivity contribution in [2.24, 2.45) is 0 Å². The quantitative estimate of drug-likeness (QED) is 0.321. The van der Waals surface area contributed by atoms with Crippen LogP contribution < -0.4 is 4.74 Å². The lowest BCUT2D eigenvalue weighted by atomic mass is 9.98. The minimum atomic E-state index is -0.633. The van der Waals surface area contributed by atoms with E-state index in [2.05, 4.69) is 18.7 Å². The number of likely N-dealkylation sites (tertiary alicyclic amines) is 1. The van der Waals surface area contributed by atoms with E-state index in [-0.39, 0.29) is 11.3 Å². The molecule has 1 atom stereocenters. The summed E-state index contributed by atoms with van der Waals surface area (Å²) in [6, 6.07) is 8.38. The number of ether oxygens (including phenoxy) is 1. The molecule has 1 aromatic heterocycles. The molecule has 0 bridgehead atoms. The maximum Gasteiger partial charge on any atom is 0.295 e. The number of ketones is 1. The minimum absolute atomic E-state index is 0.145. The fraction of sp³-hybridized carbons (Fsp3) is 0.440. The Bertz CT molecular complexity index is 976. The number of nitrogens with zero attached hydrogens (tertiary/aromatic N) is 2. The summed E-state index contributed by atoms with van der Waals surface area (Å²) in [5, 5.41) is 13.1. The molecule has 0 aliphatic carbocycles. The fourth-order valence-corrected chi connectivity index (χ4v) is 4.97. The first-order valence-corrected chi connectivity index (χ1v) is 12.1. The Morgan fingerprint density at radius 3 is 2.38 bits per heavy atom. The molecule has 7 heteroatoms. The third-order valence-electron chi connectivity index (χ3n) is 5.84. The Kier molecular flexibility index (Phi) is 8.10. The molecule has 0 saturated carbocycles. The number of aliphatic hydroxyl groups excluding tert-OH is 1. The second kappa shape index (κ2) is 10.8. The summed E-state index contributed by atoms with van der Waals surface area (Å²) in [6.45, 7) is 11.6. The van der Waals surface area contributed by atoms with Crippen molar-refractivity contribution in [3.63, 3.8) is 0 Å². The van der Waals surface area contributed by atoms with Crippen molar-refractivity contribution in [3.8, 4) is 5.75 Å². The fourth-order valence-electron chi connectivity index (χ4n) is 3.92. The highest BCUT2D eigenvalue weighted by Gasteiger charge is 2.46. The van der Waals surface area contributed by atoms with E-state index in [0.29, 0.717) is 31.0 Å². The van der Waals surface area contributed by atoms with Gasteiger partial charge in [-0.1, -0.05) is 20.8 Å². The van der Waals surface area contributed by atoms with Crippen LogP contribution in [-0.4, -0.2) is 59.4 Å². The Morgan fingerprint density at radius 1 is 1.12 bits per heavy atom. The van der Waals surface area contributed by atoms with Crippen molar-refractivity contribution in [2.45, 2.75) is 40.2 Å². The van der Waals surface area contributed by atoms with E-state index in [1.807, 2.05) is 25.3 Å². The molecule has 1 unspecified atom stereocenters. The second-order valence-corrected chi connectivity index (χ2v) is 8.81. The number of rotatable bonds is 10. The Morgan fingerprint density at radius 2 is 1.81 bits per heavy atom. The van der Waals surface area contributed by atoms with E-state index < -0.39 is 17.7 Å². The minimum Gasteiger partial charge on any atom is -0.507 e.